The molecular formula is C42H27NS2. The molecule has 212 valence electrons. The van der Waals surface area contributed by atoms with Gasteiger partial charge in [0.1, 0.15) is 0 Å². The SMILES string of the molecule is c1ccc(-n2c(-c3ccc(-c4cc5ccccc5s4)cc3)ccc2-c2ccc(-c3cc4ccccc4s3)c3ccccc23)cc1. The number of benzene rings is 6. The summed E-state index contributed by atoms with van der Waals surface area (Å²) in [7, 11) is 0. The summed E-state index contributed by atoms with van der Waals surface area (Å²) in [5.41, 5.74) is 8.47. The molecule has 0 atom stereocenters. The topological polar surface area (TPSA) is 4.93 Å². The van der Waals surface area contributed by atoms with Gasteiger partial charge in [-0.3, -0.25) is 0 Å². The molecular weight excluding hydrogens is 583 g/mol. The third kappa shape index (κ3) is 4.52. The predicted octanol–water partition coefficient (Wildman–Crippen LogP) is 12.7. The van der Waals surface area contributed by atoms with Crippen molar-refractivity contribution in [3.05, 3.63) is 164 Å². The molecule has 0 radical (unpaired) electrons. The molecule has 0 saturated heterocycles. The fourth-order valence-corrected chi connectivity index (χ4v) is 8.68. The van der Waals surface area contributed by atoms with E-state index in [4.69, 9.17) is 0 Å². The highest BCUT2D eigenvalue weighted by atomic mass is 32.1. The molecule has 0 amide bonds. The quantitative estimate of drug-likeness (QED) is 0.183. The third-order valence-corrected chi connectivity index (χ3v) is 11.0. The Balaban J connectivity index is 1.18. The number of aromatic nitrogens is 1. The van der Waals surface area contributed by atoms with Crippen LogP contribution in [0.4, 0.5) is 0 Å². The van der Waals surface area contributed by atoms with Gasteiger partial charge in [-0.2, -0.15) is 0 Å². The van der Waals surface area contributed by atoms with Crippen molar-refractivity contribution >= 4 is 53.6 Å². The Bertz CT molecular complexity index is 2410. The molecule has 0 aliphatic carbocycles. The Morgan fingerprint density at radius 2 is 0.911 bits per heavy atom. The van der Waals surface area contributed by atoms with Crippen LogP contribution in [0.15, 0.2) is 164 Å². The van der Waals surface area contributed by atoms with E-state index in [-0.39, 0.29) is 0 Å². The molecule has 0 aliphatic rings. The van der Waals surface area contributed by atoms with Gasteiger partial charge >= 0.3 is 0 Å². The molecule has 0 fully saturated rings. The van der Waals surface area contributed by atoms with Crippen LogP contribution >= 0.6 is 22.7 Å². The van der Waals surface area contributed by atoms with Crippen LogP contribution in [0, 0.1) is 0 Å². The zero-order chi connectivity index (χ0) is 29.7. The lowest BCUT2D eigenvalue weighted by Gasteiger charge is -2.17. The lowest BCUT2D eigenvalue weighted by Crippen LogP contribution is -1.99. The Labute approximate surface area is 269 Å². The highest BCUT2D eigenvalue weighted by Crippen LogP contribution is 2.42. The average Bonchev–Trinajstić information content (AvgIpc) is 3.85. The van der Waals surface area contributed by atoms with Gasteiger partial charge in [-0.15, -0.1) is 22.7 Å². The first-order valence-electron chi connectivity index (χ1n) is 15.2. The normalized spacial score (nSPS) is 11.6. The third-order valence-electron chi connectivity index (χ3n) is 8.68. The molecule has 0 unspecified atom stereocenters. The number of nitrogens with zero attached hydrogens (tertiary/aromatic N) is 1. The first kappa shape index (κ1) is 26.2. The number of hydrogen-bond donors (Lipinski definition) is 0. The number of rotatable bonds is 5. The monoisotopic (exact) mass is 609 g/mol. The van der Waals surface area contributed by atoms with Crippen molar-refractivity contribution in [2.24, 2.45) is 0 Å². The number of hydrogen-bond acceptors (Lipinski definition) is 2. The van der Waals surface area contributed by atoms with Crippen LogP contribution in [0.5, 0.6) is 0 Å². The maximum Gasteiger partial charge on any atom is 0.0541 e. The van der Waals surface area contributed by atoms with Crippen LogP contribution in [-0.2, 0) is 0 Å². The minimum absolute atomic E-state index is 1.15. The Morgan fingerprint density at radius 1 is 0.378 bits per heavy atom. The second-order valence-corrected chi connectivity index (χ2v) is 13.5. The minimum atomic E-state index is 1.15. The van der Waals surface area contributed by atoms with E-state index in [1.165, 1.54) is 74.3 Å². The lowest BCUT2D eigenvalue weighted by atomic mass is 9.96. The standard InChI is InChI=1S/C42H27NS2/c1-2-12-32(13-3-1)43-37(28-18-20-29(21-19-28)41-26-30-10-4-8-16-39(30)44-41)24-25-38(43)35-22-23-36(34-15-7-6-14-33(34)35)42-27-31-11-5-9-17-40(31)45-42/h1-27H. The van der Waals surface area contributed by atoms with Crippen molar-refractivity contribution in [1.82, 2.24) is 4.57 Å². The van der Waals surface area contributed by atoms with Crippen LogP contribution in [0.3, 0.4) is 0 Å². The van der Waals surface area contributed by atoms with Crippen molar-refractivity contribution in [3.63, 3.8) is 0 Å². The van der Waals surface area contributed by atoms with E-state index in [0.717, 1.165) is 5.69 Å². The molecule has 0 bridgehead atoms. The molecule has 1 nitrogen and oxygen atoms in total. The van der Waals surface area contributed by atoms with Crippen LogP contribution in [0.2, 0.25) is 0 Å². The number of para-hydroxylation sites is 1. The van der Waals surface area contributed by atoms with E-state index in [1.807, 2.05) is 22.7 Å². The van der Waals surface area contributed by atoms with E-state index < -0.39 is 0 Å². The van der Waals surface area contributed by atoms with Crippen molar-refractivity contribution in [2.45, 2.75) is 0 Å². The van der Waals surface area contributed by atoms with Crippen LogP contribution in [0.25, 0.3) is 80.0 Å². The Hall–Kier alpha value is -5.22. The van der Waals surface area contributed by atoms with Gasteiger partial charge in [0.15, 0.2) is 0 Å². The molecule has 0 N–H and O–H groups in total. The van der Waals surface area contributed by atoms with Crippen molar-refractivity contribution < 1.29 is 0 Å². The second-order valence-electron chi connectivity index (χ2n) is 11.4. The minimum Gasteiger partial charge on any atom is -0.309 e. The zero-order valence-corrected chi connectivity index (χ0v) is 26.0. The van der Waals surface area contributed by atoms with E-state index in [0.29, 0.717) is 0 Å². The summed E-state index contributed by atoms with van der Waals surface area (Å²) in [6.07, 6.45) is 0. The molecule has 0 aliphatic heterocycles. The summed E-state index contributed by atoms with van der Waals surface area (Å²) in [5.74, 6) is 0. The lowest BCUT2D eigenvalue weighted by molar-refractivity contribution is 1.10. The predicted molar refractivity (Wildman–Crippen MR) is 196 cm³/mol. The average molecular weight is 610 g/mol. The smallest absolute Gasteiger partial charge is 0.0541 e. The molecule has 45 heavy (non-hydrogen) atoms. The van der Waals surface area contributed by atoms with Gasteiger partial charge in [0.05, 0.1) is 11.4 Å². The molecule has 3 heteroatoms. The number of fused-ring (bicyclic) bond motifs is 3. The molecule has 0 saturated carbocycles. The largest absolute Gasteiger partial charge is 0.309 e. The summed E-state index contributed by atoms with van der Waals surface area (Å²) < 4.78 is 5.06. The van der Waals surface area contributed by atoms with Crippen LogP contribution in [-0.4, -0.2) is 4.57 Å². The van der Waals surface area contributed by atoms with Gasteiger partial charge < -0.3 is 4.57 Å². The maximum atomic E-state index is 2.41. The fourth-order valence-electron chi connectivity index (χ4n) is 6.51. The highest BCUT2D eigenvalue weighted by Gasteiger charge is 2.18. The van der Waals surface area contributed by atoms with E-state index in [9.17, 15) is 0 Å². The first-order valence-corrected chi connectivity index (χ1v) is 16.8. The summed E-state index contributed by atoms with van der Waals surface area (Å²) in [5, 5.41) is 5.13. The number of thiophene rings is 2. The maximum absolute atomic E-state index is 2.41. The van der Waals surface area contributed by atoms with Gasteiger partial charge in [0.2, 0.25) is 0 Å². The summed E-state index contributed by atoms with van der Waals surface area (Å²) >= 11 is 3.71. The molecule has 9 aromatic rings. The second kappa shape index (κ2) is 10.7. The summed E-state index contributed by atoms with van der Waals surface area (Å²) in [4.78, 5) is 2.60. The highest BCUT2D eigenvalue weighted by molar-refractivity contribution is 7.22. The van der Waals surface area contributed by atoms with Gasteiger partial charge in [-0.1, -0.05) is 115 Å². The van der Waals surface area contributed by atoms with Crippen molar-refractivity contribution in [1.29, 1.82) is 0 Å². The molecule has 6 aromatic carbocycles. The van der Waals surface area contributed by atoms with E-state index >= 15 is 0 Å². The molecule has 3 aromatic heterocycles. The van der Waals surface area contributed by atoms with Gasteiger partial charge in [-0.25, -0.2) is 0 Å². The van der Waals surface area contributed by atoms with Gasteiger partial charge in [0.25, 0.3) is 0 Å². The first-order chi connectivity index (χ1) is 22.3. The van der Waals surface area contributed by atoms with Crippen LogP contribution in [0.1, 0.15) is 0 Å². The van der Waals surface area contributed by atoms with Gasteiger partial charge in [0, 0.05) is 30.4 Å². The molecule has 0 spiro atoms. The molecule has 9 rings (SSSR count). The van der Waals surface area contributed by atoms with Crippen LogP contribution < -0.4 is 0 Å². The van der Waals surface area contributed by atoms with Crippen molar-refractivity contribution in [2.75, 3.05) is 0 Å². The van der Waals surface area contributed by atoms with E-state index in [2.05, 4.69) is 168 Å². The summed E-state index contributed by atoms with van der Waals surface area (Å²) in [6, 6.07) is 59.7. The Kier molecular flexibility index (Phi) is 6.26. The summed E-state index contributed by atoms with van der Waals surface area (Å²) in [6.45, 7) is 0. The fraction of sp³-hybridized carbons (Fsp3) is 0. The van der Waals surface area contributed by atoms with Crippen molar-refractivity contribution in [3.8, 4) is 49.1 Å². The van der Waals surface area contributed by atoms with Gasteiger partial charge in [-0.05, 0) is 86.8 Å². The Morgan fingerprint density at radius 3 is 1.62 bits per heavy atom. The molecule has 3 heterocycles. The zero-order valence-electron chi connectivity index (χ0n) is 24.4. The van der Waals surface area contributed by atoms with E-state index in [1.54, 1.807) is 0 Å².